The Morgan fingerprint density at radius 1 is 1.41 bits per heavy atom. The molecule has 2 N–H and O–H groups in total. The number of halogens is 1. The van der Waals surface area contributed by atoms with Crippen molar-refractivity contribution in [2.24, 2.45) is 5.14 Å². The van der Waals surface area contributed by atoms with E-state index in [1.54, 1.807) is 0 Å². The van der Waals surface area contributed by atoms with Crippen LogP contribution in [0.15, 0.2) is 12.4 Å². The first-order chi connectivity index (χ1) is 7.98. The third-order valence-corrected chi connectivity index (χ3v) is 4.01. The van der Waals surface area contributed by atoms with Gasteiger partial charge >= 0.3 is 0 Å². The SMILES string of the molecule is NS(=O)(=O)[C@H]1COCC[C@H]1c1ncc(F)cn1. The van der Waals surface area contributed by atoms with Gasteiger partial charge in [0.1, 0.15) is 11.1 Å². The van der Waals surface area contributed by atoms with Crippen molar-refractivity contribution in [3.63, 3.8) is 0 Å². The molecular weight excluding hydrogens is 249 g/mol. The van der Waals surface area contributed by atoms with Crippen LogP contribution in [0.5, 0.6) is 0 Å². The lowest BCUT2D eigenvalue weighted by molar-refractivity contribution is 0.0861. The van der Waals surface area contributed by atoms with E-state index in [0.717, 1.165) is 12.4 Å². The van der Waals surface area contributed by atoms with Gasteiger partial charge in [0.2, 0.25) is 10.0 Å². The maximum Gasteiger partial charge on any atom is 0.214 e. The number of nitrogens with two attached hydrogens (primary N) is 1. The summed E-state index contributed by atoms with van der Waals surface area (Å²) in [5.74, 6) is -0.721. The molecule has 2 rings (SSSR count). The third kappa shape index (κ3) is 2.76. The average Bonchev–Trinajstić information content (AvgIpc) is 2.29. The Bertz CT molecular complexity index is 491. The summed E-state index contributed by atoms with van der Waals surface area (Å²) < 4.78 is 40.6. The molecule has 2 atom stereocenters. The molecule has 0 aromatic carbocycles. The van der Waals surface area contributed by atoms with Crippen molar-refractivity contribution in [3.05, 3.63) is 24.0 Å². The van der Waals surface area contributed by atoms with Crippen LogP contribution in [-0.2, 0) is 14.8 Å². The molecule has 1 fully saturated rings. The Kier molecular flexibility index (Phi) is 3.36. The van der Waals surface area contributed by atoms with Gasteiger partial charge in [-0.1, -0.05) is 0 Å². The molecule has 1 aliphatic rings. The van der Waals surface area contributed by atoms with Crippen molar-refractivity contribution >= 4 is 10.0 Å². The lowest BCUT2D eigenvalue weighted by Crippen LogP contribution is -2.41. The summed E-state index contributed by atoms with van der Waals surface area (Å²) >= 11 is 0. The topological polar surface area (TPSA) is 95.2 Å². The highest BCUT2D eigenvalue weighted by atomic mass is 32.2. The molecule has 0 bridgehead atoms. The van der Waals surface area contributed by atoms with Crippen molar-refractivity contribution in [1.82, 2.24) is 9.97 Å². The van der Waals surface area contributed by atoms with E-state index in [1.807, 2.05) is 0 Å². The summed E-state index contributed by atoms with van der Waals surface area (Å²) in [7, 11) is -3.73. The molecule has 0 aliphatic carbocycles. The van der Waals surface area contributed by atoms with E-state index < -0.39 is 27.0 Å². The summed E-state index contributed by atoms with van der Waals surface area (Å²) in [5, 5.41) is 4.26. The van der Waals surface area contributed by atoms with Crippen LogP contribution >= 0.6 is 0 Å². The van der Waals surface area contributed by atoms with E-state index in [2.05, 4.69) is 9.97 Å². The largest absolute Gasteiger partial charge is 0.380 e. The first-order valence-corrected chi connectivity index (χ1v) is 6.66. The monoisotopic (exact) mass is 261 g/mol. The molecular formula is C9H12FN3O3S. The lowest BCUT2D eigenvalue weighted by atomic mass is 9.99. The molecule has 17 heavy (non-hydrogen) atoms. The Morgan fingerprint density at radius 3 is 2.65 bits per heavy atom. The maximum atomic E-state index is 12.7. The second-order valence-corrected chi connectivity index (χ2v) is 5.64. The fraction of sp³-hybridized carbons (Fsp3) is 0.556. The van der Waals surface area contributed by atoms with Crippen molar-refractivity contribution in [2.75, 3.05) is 13.2 Å². The molecule has 0 unspecified atom stereocenters. The zero-order chi connectivity index (χ0) is 12.5. The molecule has 1 saturated heterocycles. The summed E-state index contributed by atoms with van der Waals surface area (Å²) in [6, 6.07) is 0. The van der Waals surface area contributed by atoms with Crippen molar-refractivity contribution in [2.45, 2.75) is 17.6 Å². The molecule has 8 heteroatoms. The Labute approximate surface area is 98.1 Å². The van der Waals surface area contributed by atoms with Crippen LogP contribution in [0.3, 0.4) is 0 Å². The molecule has 0 spiro atoms. The van der Waals surface area contributed by atoms with Gasteiger partial charge in [-0.25, -0.2) is 27.9 Å². The van der Waals surface area contributed by atoms with Crippen LogP contribution < -0.4 is 5.14 Å². The van der Waals surface area contributed by atoms with E-state index in [9.17, 15) is 12.8 Å². The number of rotatable bonds is 2. The highest BCUT2D eigenvalue weighted by Gasteiger charge is 2.36. The van der Waals surface area contributed by atoms with Crippen molar-refractivity contribution in [3.8, 4) is 0 Å². The summed E-state index contributed by atoms with van der Waals surface area (Å²) in [5.41, 5.74) is 0. The Hall–Kier alpha value is -1.12. The number of aromatic nitrogens is 2. The van der Waals surface area contributed by atoms with Gasteiger partial charge in [-0.3, -0.25) is 0 Å². The second-order valence-electron chi connectivity index (χ2n) is 3.86. The highest BCUT2D eigenvalue weighted by Crippen LogP contribution is 2.28. The zero-order valence-corrected chi connectivity index (χ0v) is 9.73. The molecule has 2 heterocycles. The van der Waals surface area contributed by atoms with E-state index >= 15 is 0 Å². The number of hydrogen-bond acceptors (Lipinski definition) is 5. The fourth-order valence-corrected chi connectivity index (χ4v) is 2.85. The van der Waals surface area contributed by atoms with Gasteiger partial charge in [-0.15, -0.1) is 0 Å². The first kappa shape index (κ1) is 12.3. The predicted molar refractivity (Wildman–Crippen MR) is 57.1 cm³/mol. The van der Waals surface area contributed by atoms with Crippen LogP contribution in [0, 0.1) is 5.82 Å². The normalized spacial score (nSPS) is 25.8. The first-order valence-electron chi connectivity index (χ1n) is 5.05. The molecule has 6 nitrogen and oxygen atoms in total. The second kappa shape index (κ2) is 4.63. The molecule has 1 aromatic rings. The van der Waals surface area contributed by atoms with Gasteiger partial charge in [-0.2, -0.15) is 0 Å². The quantitative estimate of drug-likeness (QED) is 0.794. The van der Waals surface area contributed by atoms with Crippen LogP contribution in [0.4, 0.5) is 4.39 Å². The molecule has 0 amide bonds. The summed E-state index contributed by atoms with van der Waals surface area (Å²) in [6.07, 6.45) is 2.47. The molecule has 0 radical (unpaired) electrons. The van der Waals surface area contributed by atoms with Gasteiger partial charge in [0.25, 0.3) is 0 Å². The Balaban J connectivity index is 2.31. The standard InChI is InChI=1S/C9H12FN3O3S/c10-6-3-12-9(13-4-6)7-1-2-16-5-8(7)17(11,14)15/h3-4,7-8H,1-2,5H2,(H2,11,14,15)/t7-,8+/m1/s1. The smallest absolute Gasteiger partial charge is 0.214 e. The van der Waals surface area contributed by atoms with E-state index in [-0.39, 0.29) is 12.4 Å². The van der Waals surface area contributed by atoms with Gasteiger partial charge in [0.05, 0.1) is 19.0 Å². The highest BCUT2D eigenvalue weighted by molar-refractivity contribution is 7.89. The number of primary sulfonamides is 1. The number of nitrogens with zero attached hydrogens (tertiary/aromatic N) is 2. The molecule has 0 saturated carbocycles. The van der Waals surface area contributed by atoms with E-state index in [4.69, 9.17) is 9.88 Å². The van der Waals surface area contributed by atoms with Crippen LogP contribution in [-0.4, -0.2) is 36.8 Å². The average molecular weight is 261 g/mol. The zero-order valence-electron chi connectivity index (χ0n) is 8.91. The predicted octanol–water partition coefficient (Wildman–Crippen LogP) is -0.223. The maximum absolute atomic E-state index is 12.7. The van der Waals surface area contributed by atoms with Gasteiger partial charge in [0, 0.05) is 12.5 Å². The van der Waals surface area contributed by atoms with Crippen molar-refractivity contribution < 1.29 is 17.5 Å². The third-order valence-electron chi connectivity index (χ3n) is 2.70. The Morgan fingerprint density at radius 2 is 2.06 bits per heavy atom. The van der Waals surface area contributed by atoms with E-state index in [0.29, 0.717) is 13.0 Å². The summed E-state index contributed by atoms with van der Waals surface area (Å²) in [4.78, 5) is 7.61. The minimum atomic E-state index is -3.73. The van der Waals surface area contributed by atoms with Crippen LogP contribution in [0.25, 0.3) is 0 Å². The number of sulfonamides is 1. The minimum absolute atomic E-state index is 0.0181. The van der Waals surface area contributed by atoms with Gasteiger partial charge < -0.3 is 4.74 Å². The summed E-state index contributed by atoms with van der Waals surface area (Å²) in [6.45, 7) is 0.432. The minimum Gasteiger partial charge on any atom is -0.380 e. The van der Waals surface area contributed by atoms with Gasteiger partial charge in [0.15, 0.2) is 5.82 Å². The molecule has 1 aliphatic heterocycles. The van der Waals surface area contributed by atoms with E-state index in [1.165, 1.54) is 0 Å². The molecule has 94 valence electrons. The number of hydrogen-bond donors (Lipinski definition) is 1. The molecule has 1 aromatic heterocycles. The fourth-order valence-electron chi connectivity index (χ4n) is 1.84. The number of ether oxygens (including phenoxy) is 1. The lowest BCUT2D eigenvalue weighted by Gasteiger charge is -2.28. The van der Waals surface area contributed by atoms with Gasteiger partial charge in [-0.05, 0) is 6.42 Å². The van der Waals surface area contributed by atoms with Crippen LogP contribution in [0.1, 0.15) is 18.2 Å². The van der Waals surface area contributed by atoms with Crippen molar-refractivity contribution in [1.29, 1.82) is 0 Å². The van der Waals surface area contributed by atoms with Crippen LogP contribution in [0.2, 0.25) is 0 Å².